The monoisotopic (exact) mass is 356 g/mol. The number of hydrogen-bond donors (Lipinski definition) is 0. The van der Waals surface area contributed by atoms with Crippen LogP contribution in [0.2, 0.25) is 0 Å². The number of aromatic nitrogens is 3. The molecule has 6 heteroatoms. The van der Waals surface area contributed by atoms with Crippen molar-refractivity contribution in [1.29, 1.82) is 0 Å². The SMILES string of the molecule is CC(C)c1cc(=O)n(CC2CCN(CCn3ccccc3=O)CC2)cn1. The van der Waals surface area contributed by atoms with Gasteiger partial charge in [0.1, 0.15) is 0 Å². The molecule has 1 saturated heterocycles. The summed E-state index contributed by atoms with van der Waals surface area (Å²) >= 11 is 0. The van der Waals surface area contributed by atoms with Gasteiger partial charge >= 0.3 is 0 Å². The van der Waals surface area contributed by atoms with Crippen molar-refractivity contribution >= 4 is 0 Å². The molecule has 0 N–H and O–H groups in total. The molecule has 2 aromatic heterocycles. The second kappa shape index (κ2) is 8.45. The molecule has 0 spiro atoms. The Morgan fingerprint density at radius 1 is 1.08 bits per heavy atom. The first-order valence-electron chi connectivity index (χ1n) is 9.47. The van der Waals surface area contributed by atoms with Crippen molar-refractivity contribution in [3.8, 4) is 0 Å². The van der Waals surface area contributed by atoms with Gasteiger partial charge in [0.2, 0.25) is 0 Å². The second-order valence-corrected chi connectivity index (χ2v) is 7.48. The summed E-state index contributed by atoms with van der Waals surface area (Å²) in [5.74, 6) is 0.785. The molecule has 0 aromatic carbocycles. The van der Waals surface area contributed by atoms with Crippen LogP contribution in [0.15, 0.2) is 46.4 Å². The van der Waals surface area contributed by atoms with Crippen molar-refractivity contribution in [3.05, 3.63) is 63.2 Å². The lowest BCUT2D eigenvalue weighted by molar-refractivity contribution is 0.167. The fraction of sp³-hybridized carbons (Fsp3) is 0.550. The van der Waals surface area contributed by atoms with E-state index in [-0.39, 0.29) is 17.0 Å². The maximum Gasteiger partial charge on any atom is 0.253 e. The van der Waals surface area contributed by atoms with E-state index in [0.717, 1.165) is 51.3 Å². The molecular formula is C20H28N4O2. The average molecular weight is 356 g/mol. The zero-order chi connectivity index (χ0) is 18.5. The summed E-state index contributed by atoms with van der Waals surface area (Å²) in [6, 6.07) is 6.93. The van der Waals surface area contributed by atoms with Crippen LogP contribution in [-0.2, 0) is 13.1 Å². The highest BCUT2D eigenvalue weighted by Crippen LogP contribution is 2.18. The summed E-state index contributed by atoms with van der Waals surface area (Å²) in [5, 5.41) is 0. The van der Waals surface area contributed by atoms with E-state index in [1.165, 1.54) is 0 Å². The van der Waals surface area contributed by atoms with Crippen molar-refractivity contribution in [1.82, 2.24) is 19.0 Å². The zero-order valence-electron chi connectivity index (χ0n) is 15.7. The predicted octanol–water partition coefficient (Wildman–Crippen LogP) is 1.94. The minimum absolute atomic E-state index is 0.0505. The molecular weight excluding hydrogens is 328 g/mol. The first kappa shape index (κ1) is 18.6. The minimum Gasteiger partial charge on any atom is -0.314 e. The van der Waals surface area contributed by atoms with Gasteiger partial charge in [0.15, 0.2) is 0 Å². The Morgan fingerprint density at radius 3 is 2.50 bits per heavy atom. The third-order valence-electron chi connectivity index (χ3n) is 5.21. The largest absolute Gasteiger partial charge is 0.314 e. The molecule has 1 aliphatic heterocycles. The van der Waals surface area contributed by atoms with Crippen LogP contribution in [0.3, 0.4) is 0 Å². The molecule has 0 bridgehead atoms. The third-order valence-corrected chi connectivity index (χ3v) is 5.21. The van der Waals surface area contributed by atoms with Gasteiger partial charge in [-0.15, -0.1) is 0 Å². The second-order valence-electron chi connectivity index (χ2n) is 7.48. The Hall–Kier alpha value is -2.21. The fourth-order valence-electron chi connectivity index (χ4n) is 3.46. The van der Waals surface area contributed by atoms with Crippen LogP contribution in [0.25, 0.3) is 0 Å². The predicted molar refractivity (Wildman–Crippen MR) is 102 cm³/mol. The van der Waals surface area contributed by atoms with E-state index in [0.29, 0.717) is 5.92 Å². The van der Waals surface area contributed by atoms with Crippen LogP contribution in [0.4, 0.5) is 0 Å². The highest BCUT2D eigenvalue weighted by atomic mass is 16.1. The fourth-order valence-corrected chi connectivity index (χ4v) is 3.46. The molecule has 0 amide bonds. The Balaban J connectivity index is 1.49. The van der Waals surface area contributed by atoms with E-state index in [9.17, 15) is 9.59 Å². The van der Waals surface area contributed by atoms with Crippen molar-refractivity contribution in [3.63, 3.8) is 0 Å². The Kier molecular flexibility index (Phi) is 6.04. The van der Waals surface area contributed by atoms with Crippen molar-refractivity contribution in [2.45, 2.75) is 45.7 Å². The van der Waals surface area contributed by atoms with Crippen LogP contribution in [0.5, 0.6) is 0 Å². The van der Waals surface area contributed by atoms with Crippen LogP contribution in [-0.4, -0.2) is 38.7 Å². The molecule has 0 radical (unpaired) electrons. The lowest BCUT2D eigenvalue weighted by atomic mass is 9.96. The molecule has 3 rings (SSSR count). The van der Waals surface area contributed by atoms with Gasteiger partial charge in [-0.2, -0.15) is 0 Å². The highest BCUT2D eigenvalue weighted by molar-refractivity contribution is 5.04. The quantitative estimate of drug-likeness (QED) is 0.794. The lowest BCUT2D eigenvalue weighted by Crippen LogP contribution is -2.38. The topological polar surface area (TPSA) is 60.1 Å². The van der Waals surface area contributed by atoms with Crippen molar-refractivity contribution in [2.75, 3.05) is 19.6 Å². The third kappa shape index (κ3) is 4.69. The van der Waals surface area contributed by atoms with E-state index in [1.54, 1.807) is 33.7 Å². The number of rotatable bonds is 6. The molecule has 3 heterocycles. The molecule has 6 nitrogen and oxygen atoms in total. The summed E-state index contributed by atoms with van der Waals surface area (Å²) in [6.45, 7) is 8.48. The molecule has 140 valence electrons. The Labute approximate surface area is 154 Å². The van der Waals surface area contributed by atoms with Crippen LogP contribution >= 0.6 is 0 Å². The molecule has 2 aromatic rings. The molecule has 0 aliphatic carbocycles. The minimum atomic E-state index is 0.0505. The molecule has 0 saturated carbocycles. The van der Waals surface area contributed by atoms with Gasteiger partial charge in [0, 0.05) is 38.0 Å². The number of piperidine rings is 1. The van der Waals surface area contributed by atoms with Gasteiger partial charge in [-0.3, -0.25) is 14.2 Å². The molecule has 1 aliphatic rings. The maximum atomic E-state index is 12.3. The standard InChI is InChI=1S/C20H28N4O2/c1-16(2)18-13-20(26)24(15-21-18)14-17-6-9-22(10-7-17)11-12-23-8-4-3-5-19(23)25/h3-5,8,13,15-17H,6-7,9-12,14H2,1-2H3. The summed E-state index contributed by atoms with van der Waals surface area (Å²) in [5.41, 5.74) is 0.964. The number of pyridine rings is 1. The Morgan fingerprint density at radius 2 is 1.85 bits per heavy atom. The number of nitrogens with zero attached hydrogens (tertiary/aromatic N) is 4. The first-order valence-corrected chi connectivity index (χ1v) is 9.47. The maximum absolute atomic E-state index is 12.3. The molecule has 0 unspecified atom stereocenters. The van der Waals surface area contributed by atoms with Gasteiger partial charge in [-0.05, 0) is 43.8 Å². The number of hydrogen-bond acceptors (Lipinski definition) is 4. The van der Waals surface area contributed by atoms with E-state index < -0.39 is 0 Å². The molecule has 0 atom stereocenters. The average Bonchev–Trinajstić information content (AvgIpc) is 2.64. The summed E-state index contributed by atoms with van der Waals surface area (Å²) in [7, 11) is 0. The lowest BCUT2D eigenvalue weighted by Gasteiger charge is -2.32. The summed E-state index contributed by atoms with van der Waals surface area (Å²) in [6.07, 6.45) is 5.69. The Bertz CT molecular complexity index is 832. The van der Waals surface area contributed by atoms with Gasteiger partial charge in [-0.25, -0.2) is 4.98 Å². The van der Waals surface area contributed by atoms with E-state index >= 15 is 0 Å². The van der Waals surface area contributed by atoms with Crippen molar-refractivity contribution in [2.24, 2.45) is 5.92 Å². The van der Waals surface area contributed by atoms with Gasteiger partial charge in [-0.1, -0.05) is 19.9 Å². The van der Waals surface area contributed by atoms with Gasteiger partial charge in [0.25, 0.3) is 11.1 Å². The van der Waals surface area contributed by atoms with Crippen LogP contribution in [0.1, 0.15) is 38.3 Å². The summed E-state index contributed by atoms with van der Waals surface area (Å²) in [4.78, 5) is 30.8. The first-order chi connectivity index (χ1) is 12.5. The van der Waals surface area contributed by atoms with E-state index in [4.69, 9.17) is 0 Å². The van der Waals surface area contributed by atoms with Gasteiger partial charge in [0.05, 0.1) is 12.0 Å². The highest BCUT2D eigenvalue weighted by Gasteiger charge is 2.20. The molecule has 1 fully saturated rings. The van der Waals surface area contributed by atoms with Crippen LogP contribution < -0.4 is 11.1 Å². The molecule has 26 heavy (non-hydrogen) atoms. The summed E-state index contributed by atoms with van der Waals surface area (Å²) < 4.78 is 3.50. The van der Waals surface area contributed by atoms with E-state index in [1.807, 2.05) is 26.1 Å². The van der Waals surface area contributed by atoms with Crippen molar-refractivity contribution < 1.29 is 0 Å². The van der Waals surface area contributed by atoms with E-state index in [2.05, 4.69) is 9.88 Å². The van der Waals surface area contributed by atoms with Gasteiger partial charge < -0.3 is 9.47 Å². The number of likely N-dealkylation sites (tertiary alicyclic amines) is 1. The smallest absolute Gasteiger partial charge is 0.253 e. The van der Waals surface area contributed by atoms with Crippen LogP contribution in [0, 0.1) is 5.92 Å². The zero-order valence-corrected chi connectivity index (χ0v) is 15.7. The normalized spacial score (nSPS) is 16.3.